The van der Waals surface area contributed by atoms with E-state index >= 15 is 0 Å². The Bertz CT molecular complexity index is 741. The zero-order valence-electron chi connectivity index (χ0n) is 12.5. The van der Waals surface area contributed by atoms with Crippen LogP contribution in [0.25, 0.3) is 5.65 Å². The third-order valence-corrected chi connectivity index (χ3v) is 3.59. The van der Waals surface area contributed by atoms with Gasteiger partial charge in [0, 0.05) is 6.61 Å². The molecule has 0 bridgehead atoms. The van der Waals surface area contributed by atoms with Gasteiger partial charge in [0.25, 0.3) is 0 Å². The van der Waals surface area contributed by atoms with E-state index in [-0.39, 0.29) is 12.6 Å². The van der Waals surface area contributed by atoms with Crippen LogP contribution in [0.5, 0.6) is 0 Å². The van der Waals surface area contributed by atoms with Crippen molar-refractivity contribution in [2.75, 3.05) is 11.9 Å². The number of hydrogen-bond donors (Lipinski definition) is 2. The van der Waals surface area contributed by atoms with E-state index in [1.54, 1.807) is 4.52 Å². The first-order valence-electron chi connectivity index (χ1n) is 7.39. The quantitative estimate of drug-likeness (QED) is 0.730. The van der Waals surface area contributed by atoms with Crippen LogP contribution >= 0.6 is 0 Å². The van der Waals surface area contributed by atoms with Gasteiger partial charge in [0.05, 0.1) is 6.04 Å². The highest BCUT2D eigenvalue weighted by molar-refractivity contribution is 5.45. The second-order valence-corrected chi connectivity index (χ2v) is 5.21. The van der Waals surface area contributed by atoms with Crippen LogP contribution in [0.2, 0.25) is 0 Å². The van der Waals surface area contributed by atoms with Crippen LogP contribution in [0.3, 0.4) is 0 Å². The zero-order chi connectivity index (χ0) is 15.4. The Morgan fingerprint density at radius 3 is 2.73 bits per heavy atom. The lowest BCUT2D eigenvalue weighted by Gasteiger charge is -2.19. The first kappa shape index (κ1) is 14.5. The van der Waals surface area contributed by atoms with Crippen molar-refractivity contribution in [1.82, 2.24) is 19.8 Å². The Kier molecular flexibility index (Phi) is 4.29. The van der Waals surface area contributed by atoms with E-state index in [1.165, 1.54) is 5.56 Å². The maximum absolute atomic E-state index is 9.11. The molecule has 114 valence electrons. The van der Waals surface area contributed by atoms with Crippen molar-refractivity contribution in [3.8, 4) is 0 Å². The molecule has 0 saturated carbocycles. The summed E-state index contributed by atoms with van der Waals surface area (Å²) in [6.07, 6.45) is 1.57. The van der Waals surface area contributed by atoms with E-state index < -0.39 is 0 Å². The number of nitrogens with one attached hydrogen (secondary N) is 1. The summed E-state index contributed by atoms with van der Waals surface area (Å²) >= 11 is 0. The van der Waals surface area contributed by atoms with Gasteiger partial charge >= 0.3 is 0 Å². The zero-order valence-corrected chi connectivity index (χ0v) is 12.5. The molecule has 2 aromatic heterocycles. The molecule has 0 aliphatic rings. The fraction of sp³-hybridized carbons (Fsp3) is 0.312. The minimum absolute atomic E-state index is 0.107. The molecule has 2 heterocycles. The van der Waals surface area contributed by atoms with Gasteiger partial charge in [-0.2, -0.15) is 4.52 Å². The van der Waals surface area contributed by atoms with E-state index in [1.807, 2.05) is 37.3 Å². The van der Waals surface area contributed by atoms with Crippen molar-refractivity contribution in [2.45, 2.75) is 25.8 Å². The summed E-state index contributed by atoms with van der Waals surface area (Å²) in [5.41, 5.74) is 1.91. The van der Waals surface area contributed by atoms with Crippen molar-refractivity contribution in [3.63, 3.8) is 0 Å². The number of aliphatic hydroxyl groups excluding tert-OH is 1. The smallest absolute Gasteiger partial charge is 0.178 e. The number of fused-ring (bicyclic) bond motifs is 1. The number of hydrogen-bond acceptors (Lipinski definition) is 5. The van der Waals surface area contributed by atoms with E-state index in [2.05, 4.69) is 32.7 Å². The van der Waals surface area contributed by atoms with E-state index in [0.717, 1.165) is 30.1 Å². The van der Waals surface area contributed by atoms with Crippen LogP contribution in [-0.2, 0) is 0 Å². The van der Waals surface area contributed by atoms with Crippen LogP contribution in [0.4, 0.5) is 5.82 Å². The molecule has 6 heteroatoms. The van der Waals surface area contributed by atoms with Crippen LogP contribution in [-0.4, -0.2) is 31.5 Å². The van der Waals surface area contributed by atoms with Gasteiger partial charge in [-0.15, -0.1) is 15.3 Å². The normalized spacial score (nSPS) is 12.5. The second-order valence-electron chi connectivity index (χ2n) is 5.21. The molecular formula is C16H19N5O. The van der Waals surface area contributed by atoms with Crippen LogP contribution in [0, 0.1) is 6.92 Å². The molecular weight excluding hydrogens is 278 g/mol. The predicted molar refractivity (Wildman–Crippen MR) is 84.6 cm³/mol. The molecule has 3 rings (SSSR count). The summed E-state index contributed by atoms with van der Waals surface area (Å²) in [5.74, 6) is 1.52. The summed E-state index contributed by atoms with van der Waals surface area (Å²) in [5, 5.41) is 25.1. The molecule has 6 nitrogen and oxygen atoms in total. The molecule has 0 aliphatic heterocycles. The van der Waals surface area contributed by atoms with Crippen LogP contribution in [0.15, 0.2) is 42.5 Å². The Hall–Kier alpha value is -2.47. The molecule has 3 aromatic rings. The summed E-state index contributed by atoms with van der Waals surface area (Å²) < 4.78 is 1.72. The standard InChI is InChI=1S/C16H19N5O/c1-12-18-19-16-10-9-15(20-21(12)16)17-14(8-5-11-22)13-6-3-2-4-7-13/h2-4,6-7,9-10,14,22H,5,8,11H2,1H3,(H,17,20)/t14-/m1/s1. The van der Waals surface area contributed by atoms with Crippen LogP contribution in [0.1, 0.15) is 30.3 Å². The molecule has 0 aliphatic carbocycles. The second kappa shape index (κ2) is 6.53. The molecule has 1 aromatic carbocycles. The molecule has 0 unspecified atom stereocenters. The summed E-state index contributed by atoms with van der Waals surface area (Å²) in [6, 6.07) is 14.1. The predicted octanol–water partition coefficient (Wildman–Crippen LogP) is 2.36. The summed E-state index contributed by atoms with van der Waals surface area (Å²) in [6.45, 7) is 2.05. The number of rotatable bonds is 6. The number of aryl methyl sites for hydroxylation is 1. The molecule has 0 spiro atoms. The highest BCUT2D eigenvalue weighted by Gasteiger charge is 2.12. The lowest BCUT2D eigenvalue weighted by Crippen LogP contribution is -2.13. The van der Waals surface area contributed by atoms with Gasteiger partial charge in [-0.1, -0.05) is 30.3 Å². The first-order chi connectivity index (χ1) is 10.8. The molecule has 22 heavy (non-hydrogen) atoms. The topological polar surface area (TPSA) is 75.3 Å². The number of benzene rings is 1. The number of aliphatic hydroxyl groups is 1. The molecule has 0 radical (unpaired) electrons. The average molecular weight is 297 g/mol. The Morgan fingerprint density at radius 1 is 1.14 bits per heavy atom. The van der Waals surface area contributed by atoms with Gasteiger partial charge in [-0.05, 0) is 37.5 Å². The van der Waals surface area contributed by atoms with Gasteiger partial charge in [0.15, 0.2) is 11.5 Å². The lowest BCUT2D eigenvalue weighted by atomic mass is 10.0. The average Bonchev–Trinajstić information content (AvgIpc) is 2.93. The SMILES string of the molecule is Cc1nnc2ccc(N[C@H](CCCO)c3ccccc3)nn12. The molecule has 1 atom stereocenters. The van der Waals surface area contributed by atoms with Crippen LogP contribution < -0.4 is 5.32 Å². The maximum Gasteiger partial charge on any atom is 0.178 e. The van der Waals surface area contributed by atoms with E-state index in [9.17, 15) is 0 Å². The highest BCUT2D eigenvalue weighted by Crippen LogP contribution is 2.23. The van der Waals surface area contributed by atoms with E-state index in [0.29, 0.717) is 0 Å². The third kappa shape index (κ3) is 3.07. The van der Waals surface area contributed by atoms with Gasteiger partial charge in [0.2, 0.25) is 0 Å². The number of anilines is 1. The number of nitrogens with zero attached hydrogens (tertiary/aromatic N) is 4. The van der Waals surface area contributed by atoms with Gasteiger partial charge in [-0.3, -0.25) is 0 Å². The monoisotopic (exact) mass is 297 g/mol. The van der Waals surface area contributed by atoms with Gasteiger partial charge in [0.1, 0.15) is 5.82 Å². The molecule has 2 N–H and O–H groups in total. The molecule has 0 fully saturated rings. The largest absolute Gasteiger partial charge is 0.396 e. The Morgan fingerprint density at radius 2 is 1.95 bits per heavy atom. The molecule has 0 saturated heterocycles. The summed E-state index contributed by atoms with van der Waals surface area (Å²) in [7, 11) is 0. The minimum Gasteiger partial charge on any atom is -0.396 e. The Labute approximate surface area is 128 Å². The van der Waals surface area contributed by atoms with E-state index in [4.69, 9.17) is 5.11 Å². The number of aromatic nitrogens is 4. The fourth-order valence-electron chi connectivity index (χ4n) is 2.45. The first-order valence-corrected chi connectivity index (χ1v) is 7.39. The highest BCUT2D eigenvalue weighted by atomic mass is 16.2. The molecule has 0 amide bonds. The van der Waals surface area contributed by atoms with Crippen molar-refractivity contribution >= 4 is 11.5 Å². The lowest BCUT2D eigenvalue weighted by molar-refractivity contribution is 0.281. The summed E-state index contributed by atoms with van der Waals surface area (Å²) in [4.78, 5) is 0. The minimum atomic E-state index is 0.107. The van der Waals surface area contributed by atoms with Crippen molar-refractivity contribution in [2.24, 2.45) is 0 Å². The fourth-order valence-corrected chi connectivity index (χ4v) is 2.45. The van der Waals surface area contributed by atoms with Gasteiger partial charge in [-0.25, -0.2) is 0 Å². The van der Waals surface area contributed by atoms with Crippen molar-refractivity contribution < 1.29 is 5.11 Å². The van der Waals surface area contributed by atoms with Gasteiger partial charge < -0.3 is 10.4 Å². The van der Waals surface area contributed by atoms with Crippen molar-refractivity contribution in [3.05, 3.63) is 53.9 Å². The van der Waals surface area contributed by atoms with Crippen molar-refractivity contribution in [1.29, 1.82) is 0 Å². The Balaban J connectivity index is 1.86. The third-order valence-electron chi connectivity index (χ3n) is 3.59. The maximum atomic E-state index is 9.11.